The van der Waals surface area contributed by atoms with Gasteiger partial charge in [0.2, 0.25) is 5.91 Å². The van der Waals surface area contributed by atoms with E-state index >= 15 is 0 Å². The van der Waals surface area contributed by atoms with Gasteiger partial charge in [0.1, 0.15) is 5.75 Å². The molecule has 0 aromatic heterocycles. The molecule has 0 saturated carbocycles. The predicted molar refractivity (Wildman–Crippen MR) is 96.8 cm³/mol. The first kappa shape index (κ1) is 19.4. The summed E-state index contributed by atoms with van der Waals surface area (Å²) in [4.78, 5) is 33.1. The van der Waals surface area contributed by atoms with Crippen LogP contribution in [-0.2, 0) is 11.2 Å². The fourth-order valence-electron chi connectivity index (χ4n) is 2.19. The molecule has 0 unspecified atom stereocenters. The topological polar surface area (TPSA) is 98.5 Å². The van der Waals surface area contributed by atoms with Gasteiger partial charge in [0.15, 0.2) is 12.4 Å². The Hall–Kier alpha value is -2.93. The quantitative estimate of drug-likeness (QED) is 0.433. The van der Waals surface area contributed by atoms with Crippen LogP contribution in [-0.4, -0.2) is 29.8 Å². The van der Waals surface area contributed by atoms with Gasteiger partial charge in [-0.05, 0) is 18.1 Å². The van der Waals surface area contributed by atoms with Gasteiger partial charge < -0.3 is 10.1 Å². The minimum absolute atomic E-state index is 0.0697. The van der Waals surface area contributed by atoms with Crippen molar-refractivity contribution in [3.8, 4) is 5.75 Å². The number of nitro benzene ring substituents is 1. The number of non-ortho nitro benzene ring substituents is 1. The van der Waals surface area contributed by atoms with Crippen LogP contribution in [0.15, 0.2) is 42.5 Å². The van der Waals surface area contributed by atoms with E-state index in [0.29, 0.717) is 18.5 Å². The van der Waals surface area contributed by atoms with E-state index in [1.165, 1.54) is 25.1 Å². The lowest BCUT2D eigenvalue weighted by molar-refractivity contribution is -0.384. The van der Waals surface area contributed by atoms with Crippen molar-refractivity contribution in [3.05, 3.63) is 68.7 Å². The summed E-state index contributed by atoms with van der Waals surface area (Å²) >= 11 is 5.92. The van der Waals surface area contributed by atoms with E-state index in [9.17, 15) is 19.7 Å². The summed E-state index contributed by atoms with van der Waals surface area (Å²) < 4.78 is 5.36. The van der Waals surface area contributed by atoms with Crippen LogP contribution in [0.3, 0.4) is 0 Å². The maximum Gasteiger partial charge on any atom is 0.271 e. The third-order valence-corrected chi connectivity index (χ3v) is 3.84. The average Bonchev–Trinajstić information content (AvgIpc) is 2.60. The standard InChI is InChI=1S/C18H17ClN2O5/c1-12(22)20-9-8-13-2-4-14(5-3-13)17(23)11-26-18-7-6-15(21(24)25)10-16(18)19/h2-7,10H,8-9,11H2,1H3,(H,20,22). The molecule has 0 aliphatic heterocycles. The summed E-state index contributed by atoms with van der Waals surface area (Å²) in [5.74, 6) is -0.121. The molecule has 2 aromatic carbocycles. The molecule has 8 heteroatoms. The molecular weight excluding hydrogens is 360 g/mol. The fraction of sp³-hybridized carbons (Fsp3) is 0.222. The molecule has 0 atom stereocenters. The van der Waals surface area contributed by atoms with Gasteiger partial charge in [-0.3, -0.25) is 19.7 Å². The molecule has 26 heavy (non-hydrogen) atoms. The number of ketones is 1. The normalized spacial score (nSPS) is 10.2. The second-order valence-corrected chi connectivity index (χ2v) is 5.92. The number of halogens is 1. The molecule has 0 saturated heterocycles. The van der Waals surface area contributed by atoms with Crippen molar-refractivity contribution in [2.24, 2.45) is 0 Å². The molecular formula is C18H17ClN2O5. The highest BCUT2D eigenvalue weighted by Gasteiger charge is 2.12. The van der Waals surface area contributed by atoms with E-state index in [0.717, 1.165) is 5.56 Å². The van der Waals surface area contributed by atoms with E-state index in [2.05, 4.69) is 5.32 Å². The van der Waals surface area contributed by atoms with Crippen LogP contribution in [0.25, 0.3) is 0 Å². The van der Waals surface area contributed by atoms with E-state index < -0.39 is 4.92 Å². The van der Waals surface area contributed by atoms with Crippen molar-refractivity contribution < 1.29 is 19.2 Å². The van der Waals surface area contributed by atoms with Gasteiger partial charge >= 0.3 is 0 Å². The number of hydrogen-bond acceptors (Lipinski definition) is 5. The Balaban J connectivity index is 1.91. The number of benzene rings is 2. The number of carbonyl (C=O) groups is 2. The molecule has 2 aromatic rings. The van der Waals surface area contributed by atoms with E-state index in [-0.39, 0.29) is 34.8 Å². The number of nitrogens with one attached hydrogen (secondary N) is 1. The van der Waals surface area contributed by atoms with Crippen molar-refractivity contribution in [2.45, 2.75) is 13.3 Å². The van der Waals surface area contributed by atoms with Crippen molar-refractivity contribution in [3.63, 3.8) is 0 Å². The Kier molecular flexibility index (Phi) is 6.68. The molecule has 1 N–H and O–H groups in total. The Morgan fingerprint density at radius 3 is 2.46 bits per heavy atom. The second-order valence-electron chi connectivity index (χ2n) is 5.51. The van der Waals surface area contributed by atoms with Gasteiger partial charge in [0.25, 0.3) is 5.69 Å². The molecule has 0 radical (unpaired) electrons. The smallest absolute Gasteiger partial charge is 0.271 e. The van der Waals surface area contributed by atoms with Crippen LogP contribution >= 0.6 is 11.6 Å². The third kappa shape index (κ3) is 5.56. The first-order valence-corrected chi connectivity index (χ1v) is 8.18. The molecule has 0 fully saturated rings. The van der Waals surface area contributed by atoms with Crippen LogP contribution in [0.1, 0.15) is 22.8 Å². The van der Waals surface area contributed by atoms with E-state index in [4.69, 9.17) is 16.3 Å². The second kappa shape index (κ2) is 8.96. The van der Waals surface area contributed by atoms with E-state index in [1.54, 1.807) is 12.1 Å². The van der Waals surface area contributed by atoms with Crippen LogP contribution in [0.2, 0.25) is 5.02 Å². The summed E-state index contributed by atoms with van der Waals surface area (Å²) in [5, 5.41) is 13.4. The maximum absolute atomic E-state index is 12.2. The summed E-state index contributed by atoms with van der Waals surface area (Å²) in [7, 11) is 0. The highest BCUT2D eigenvalue weighted by atomic mass is 35.5. The summed E-state index contributed by atoms with van der Waals surface area (Å²) in [6.45, 7) is 1.76. The lowest BCUT2D eigenvalue weighted by Gasteiger charge is -2.08. The zero-order valence-corrected chi connectivity index (χ0v) is 14.8. The van der Waals surface area contributed by atoms with Crippen molar-refractivity contribution in [1.29, 1.82) is 0 Å². The Labute approximate surface area is 155 Å². The molecule has 1 amide bonds. The molecule has 0 bridgehead atoms. The Bertz CT molecular complexity index is 821. The average molecular weight is 377 g/mol. The first-order valence-electron chi connectivity index (χ1n) is 7.80. The van der Waals surface area contributed by atoms with Crippen LogP contribution < -0.4 is 10.1 Å². The largest absolute Gasteiger partial charge is 0.484 e. The number of nitrogens with zero attached hydrogens (tertiary/aromatic N) is 1. The third-order valence-electron chi connectivity index (χ3n) is 3.55. The van der Waals surface area contributed by atoms with Gasteiger partial charge in [-0.25, -0.2) is 0 Å². The van der Waals surface area contributed by atoms with E-state index in [1.807, 2.05) is 12.1 Å². The first-order chi connectivity index (χ1) is 12.4. The van der Waals surface area contributed by atoms with Crippen LogP contribution in [0.5, 0.6) is 5.75 Å². The van der Waals surface area contributed by atoms with Gasteiger partial charge in [-0.15, -0.1) is 0 Å². The lowest BCUT2D eigenvalue weighted by Crippen LogP contribution is -2.22. The lowest BCUT2D eigenvalue weighted by atomic mass is 10.1. The Morgan fingerprint density at radius 2 is 1.88 bits per heavy atom. The predicted octanol–water partition coefficient (Wildman–Crippen LogP) is 3.19. The van der Waals surface area contributed by atoms with Crippen LogP contribution in [0.4, 0.5) is 5.69 Å². The number of Topliss-reactive ketones (excluding diaryl/α,β-unsaturated/α-hetero) is 1. The molecule has 0 heterocycles. The summed E-state index contributed by atoms with van der Waals surface area (Å²) in [6.07, 6.45) is 0.670. The van der Waals surface area contributed by atoms with Crippen molar-refractivity contribution in [1.82, 2.24) is 5.32 Å². The Morgan fingerprint density at radius 1 is 1.19 bits per heavy atom. The SMILES string of the molecule is CC(=O)NCCc1ccc(C(=O)COc2ccc([N+](=O)[O-])cc2Cl)cc1. The number of amides is 1. The fourth-order valence-corrected chi connectivity index (χ4v) is 2.42. The molecule has 0 aliphatic rings. The summed E-state index contributed by atoms with van der Waals surface area (Å²) in [6, 6.07) is 10.8. The minimum atomic E-state index is -0.561. The zero-order chi connectivity index (χ0) is 19.1. The molecule has 136 valence electrons. The highest BCUT2D eigenvalue weighted by Crippen LogP contribution is 2.28. The van der Waals surface area contributed by atoms with Crippen LogP contribution in [0, 0.1) is 10.1 Å². The van der Waals surface area contributed by atoms with Crippen molar-refractivity contribution in [2.75, 3.05) is 13.2 Å². The number of carbonyl (C=O) groups excluding carboxylic acids is 2. The minimum Gasteiger partial charge on any atom is -0.484 e. The van der Waals surface area contributed by atoms with Crippen molar-refractivity contribution >= 4 is 29.0 Å². The van der Waals surface area contributed by atoms with Gasteiger partial charge in [0.05, 0.1) is 9.95 Å². The molecule has 0 spiro atoms. The number of hydrogen-bond donors (Lipinski definition) is 1. The van der Waals surface area contributed by atoms with Gasteiger partial charge in [-0.2, -0.15) is 0 Å². The monoisotopic (exact) mass is 376 g/mol. The number of ether oxygens (including phenoxy) is 1. The molecule has 0 aliphatic carbocycles. The zero-order valence-electron chi connectivity index (χ0n) is 14.0. The molecule has 7 nitrogen and oxygen atoms in total. The number of nitro groups is 1. The number of rotatable bonds is 8. The molecule has 2 rings (SSSR count). The van der Waals surface area contributed by atoms with Gasteiger partial charge in [-0.1, -0.05) is 35.9 Å². The highest BCUT2D eigenvalue weighted by molar-refractivity contribution is 6.32. The maximum atomic E-state index is 12.2. The summed E-state index contributed by atoms with van der Waals surface area (Å²) in [5.41, 5.74) is 1.32. The van der Waals surface area contributed by atoms with Gasteiger partial charge in [0, 0.05) is 31.2 Å².